The van der Waals surface area contributed by atoms with E-state index in [9.17, 15) is 9.18 Å². The largest absolute Gasteiger partial charge is 0.495 e. The Balaban J connectivity index is 2.03. The average molecular weight is 271 g/mol. The molecule has 0 aromatic heterocycles. The molecule has 102 valence electrons. The summed E-state index contributed by atoms with van der Waals surface area (Å²) in [6.07, 6.45) is 3.00. The van der Waals surface area contributed by atoms with E-state index in [4.69, 9.17) is 4.74 Å². The van der Waals surface area contributed by atoms with Crippen LogP contribution < -0.4 is 10.1 Å². The maximum absolute atomic E-state index is 12.7. The summed E-state index contributed by atoms with van der Waals surface area (Å²) in [5, 5.41) is 2.72. The molecule has 0 radical (unpaired) electrons. The number of ether oxygens (including phenoxy) is 1. The molecule has 1 amide bonds. The molecule has 0 atom stereocenters. The van der Waals surface area contributed by atoms with E-state index >= 15 is 0 Å². The molecule has 0 heterocycles. The number of nitrogens with one attached hydrogen (secondary N) is 1. The summed E-state index contributed by atoms with van der Waals surface area (Å²) in [5.41, 5.74) is 1.35. The second-order valence-electron chi connectivity index (χ2n) is 4.07. The number of para-hydroxylation sites is 2. The average Bonchev–Trinajstić information content (AvgIpc) is 2.47. The van der Waals surface area contributed by atoms with Crippen LogP contribution in [0.25, 0.3) is 6.08 Å². The molecule has 0 spiro atoms. The molecule has 2 rings (SSSR count). The quantitative estimate of drug-likeness (QED) is 0.864. The lowest BCUT2D eigenvalue weighted by Gasteiger charge is -2.07. The van der Waals surface area contributed by atoms with Gasteiger partial charge in [-0.1, -0.05) is 24.3 Å². The van der Waals surface area contributed by atoms with Gasteiger partial charge in [0, 0.05) is 6.08 Å². The topological polar surface area (TPSA) is 38.3 Å². The fourth-order valence-corrected chi connectivity index (χ4v) is 1.67. The van der Waals surface area contributed by atoms with Gasteiger partial charge in [-0.2, -0.15) is 0 Å². The highest BCUT2D eigenvalue weighted by molar-refractivity contribution is 6.02. The van der Waals surface area contributed by atoms with Gasteiger partial charge in [-0.05, 0) is 35.9 Å². The van der Waals surface area contributed by atoms with Crippen LogP contribution in [0.3, 0.4) is 0 Å². The maximum Gasteiger partial charge on any atom is 0.248 e. The number of carbonyl (C=O) groups excluding carboxylic acids is 1. The minimum Gasteiger partial charge on any atom is -0.495 e. The normalized spacial score (nSPS) is 10.5. The van der Waals surface area contributed by atoms with Crippen molar-refractivity contribution in [3.63, 3.8) is 0 Å². The van der Waals surface area contributed by atoms with Gasteiger partial charge in [-0.3, -0.25) is 4.79 Å². The van der Waals surface area contributed by atoms with Gasteiger partial charge in [0.25, 0.3) is 0 Å². The van der Waals surface area contributed by atoms with Crippen molar-refractivity contribution < 1.29 is 13.9 Å². The smallest absolute Gasteiger partial charge is 0.248 e. The van der Waals surface area contributed by atoms with Crippen molar-refractivity contribution in [1.82, 2.24) is 0 Å². The first-order valence-electron chi connectivity index (χ1n) is 6.06. The maximum atomic E-state index is 12.7. The van der Waals surface area contributed by atoms with Crippen molar-refractivity contribution in [2.45, 2.75) is 0 Å². The highest BCUT2D eigenvalue weighted by Gasteiger charge is 2.03. The number of carbonyl (C=O) groups is 1. The van der Waals surface area contributed by atoms with Crippen molar-refractivity contribution in [2.75, 3.05) is 12.4 Å². The number of hydrogen-bond acceptors (Lipinski definition) is 2. The van der Waals surface area contributed by atoms with Crippen LogP contribution in [0, 0.1) is 5.82 Å². The Morgan fingerprint density at radius 2 is 1.85 bits per heavy atom. The molecule has 0 aliphatic heterocycles. The van der Waals surface area contributed by atoms with E-state index in [2.05, 4.69) is 5.32 Å². The highest BCUT2D eigenvalue weighted by atomic mass is 19.1. The zero-order valence-corrected chi connectivity index (χ0v) is 11.0. The first-order valence-corrected chi connectivity index (χ1v) is 6.06. The van der Waals surface area contributed by atoms with Crippen LogP contribution in [0.4, 0.5) is 10.1 Å². The SMILES string of the molecule is COc1ccccc1NC(=O)/C=C/c1ccc(F)cc1. The summed E-state index contributed by atoms with van der Waals surface area (Å²) in [6, 6.07) is 13.0. The number of benzene rings is 2. The Hall–Kier alpha value is -2.62. The van der Waals surface area contributed by atoms with Crippen LogP contribution in [-0.2, 0) is 4.79 Å². The van der Waals surface area contributed by atoms with Crippen molar-refractivity contribution in [1.29, 1.82) is 0 Å². The van der Waals surface area contributed by atoms with Crippen LogP contribution in [-0.4, -0.2) is 13.0 Å². The Bertz CT molecular complexity index is 621. The Morgan fingerprint density at radius 3 is 2.55 bits per heavy atom. The number of rotatable bonds is 4. The third kappa shape index (κ3) is 3.68. The summed E-state index contributed by atoms with van der Waals surface area (Å²) in [5.74, 6) is 0.00970. The second kappa shape index (κ2) is 6.52. The summed E-state index contributed by atoms with van der Waals surface area (Å²) in [7, 11) is 1.54. The molecule has 4 heteroatoms. The van der Waals surface area contributed by atoms with E-state index in [0.29, 0.717) is 11.4 Å². The molecule has 0 aliphatic rings. The Morgan fingerprint density at radius 1 is 1.15 bits per heavy atom. The summed E-state index contributed by atoms with van der Waals surface area (Å²) < 4.78 is 17.9. The zero-order valence-electron chi connectivity index (χ0n) is 11.0. The molecule has 0 saturated heterocycles. The third-order valence-corrected chi connectivity index (χ3v) is 2.66. The first kappa shape index (κ1) is 13.8. The summed E-state index contributed by atoms with van der Waals surface area (Å²) in [4.78, 5) is 11.8. The number of halogens is 1. The molecule has 1 N–H and O–H groups in total. The molecular weight excluding hydrogens is 257 g/mol. The van der Waals surface area contributed by atoms with E-state index in [1.54, 1.807) is 37.5 Å². The predicted molar refractivity (Wildman–Crippen MR) is 77.1 cm³/mol. The zero-order chi connectivity index (χ0) is 14.4. The molecule has 0 saturated carbocycles. The second-order valence-corrected chi connectivity index (χ2v) is 4.07. The summed E-state index contributed by atoms with van der Waals surface area (Å²) in [6.45, 7) is 0. The molecule has 0 bridgehead atoms. The summed E-state index contributed by atoms with van der Waals surface area (Å²) >= 11 is 0. The Kier molecular flexibility index (Phi) is 4.50. The number of anilines is 1. The minimum absolute atomic E-state index is 0.279. The van der Waals surface area contributed by atoms with E-state index in [-0.39, 0.29) is 11.7 Å². The van der Waals surface area contributed by atoms with Crippen molar-refractivity contribution in [3.8, 4) is 5.75 Å². The first-order chi connectivity index (χ1) is 9.69. The molecular formula is C16H14FNO2. The van der Waals surface area contributed by atoms with E-state index in [1.807, 2.05) is 12.1 Å². The van der Waals surface area contributed by atoms with Crippen LogP contribution in [0.15, 0.2) is 54.6 Å². The van der Waals surface area contributed by atoms with Crippen molar-refractivity contribution >= 4 is 17.7 Å². The number of methoxy groups -OCH3 is 1. The number of amides is 1. The number of hydrogen-bond donors (Lipinski definition) is 1. The van der Waals surface area contributed by atoms with E-state index in [0.717, 1.165) is 5.56 Å². The lowest BCUT2D eigenvalue weighted by molar-refractivity contribution is -0.111. The van der Waals surface area contributed by atoms with Gasteiger partial charge in [0.15, 0.2) is 0 Å². The molecule has 3 nitrogen and oxygen atoms in total. The van der Waals surface area contributed by atoms with Gasteiger partial charge in [-0.25, -0.2) is 4.39 Å². The Labute approximate surface area is 116 Å². The molecule has 2 aromatic carbocycles. The van der Waals surface area contributed by atoms with Gasteiger partial charge in [0.2, 0.25) is 5.91 Å². The monoisotopic (exact) mass is 271 g/mol. The third-order valence-electron chi connectivity index (χ3n) is 2.66. The lowest BCUT2D eigenvalue weighted by atomic mass is 10.2. The van der Waals surface area contributed by atoms with Gasteiger partial charge in [0.05, 0.1) is 12.8 Å². The van der Waals surface area contributed by atoms with Crippen molar-refractivity contribution in [3.05, 3.63) is 66.0 Å². The minimum atomic E-state index is -0.305. The van der Waals surface area contributed by atoms with Gasteiger partial charge < -0.3 is 10.1 Å². The van der Waals surface area contributed by atoms with Gasteiger partial charge >= 0.3 is 0 Å². The van der Waals surface area contributed by atoms with Crippen LogP contribution in [0.5, 0.6) is 5.75 Å². The standard InChI is InChI=1S/C16H14FNO2/c1-20-15-5-3-2-4-14(15)18-16(19)11-8-12-6-9-13(17)10-7-12/h2-11H,1H3,(H,18,19)/b11-8+. The highest BCUT2D eigenvalue weighted by Crippen LogP contribution is 2.22. The fourth-order valence-electron chi connectivity index (χ4n) is 1.67. The molecule has 2 aromatic rings. The molecule has 0 aliphatic carbocycles. The van der Waals surface area contributed by atoms with E-state index < -0.39 is 0 Å². The predicted octanol–water partition coefficient (Wildman–Crippen LogP) is 3.49. The van der Waals surface area contributed by atoms with Gasteiger partial charge in [0.1, 0.15) is 11.6 Å². The van der Waals surface area contributed by atoms with E-state index in [1.165, 1.54) is 18.2 Å². The molecule has 20 heavy (non-hydrogen) atoms. The fraction of sp³-hybridized carbons (Fsp3) is 0.0625. The van der Waals surface area contributed by atoms with Crippen LogP contribution >= 0.6 is 0 Å². The van der Waals surface area contributed by atoms with Crippen molar-refractivity contribution in [2.24, 2.45) is 0 Å². The van der Waals surface area contributed by atoms with Crippen LogP contribution in [0.2, 0.25) is 0 Å². The van der Waals surface area contributed by atoms with Crippen LogP contribution in [0.1, 0.15) is 5.56 Å². The van der Waals surface area contributed by atoms with Gasteiger partial charge in [-0.15, -0.1) is 0 Å². The molecule has 0 fully saturated rings. The molecule has 0 unspecified atom stereocenters. The lowest BCUT2D eigenvalue weighted by Crippen LogP contribution is -2.08.